The predicted octanol–water partition coefficient (Wildman–Crippen LogP) is 8.99. The summed E-state index contributed by atoms with van der Waals surface area (Å²) < 4.78 is 6.00. The molecule has 5 aliphatic rings. The van der Waals surface area contributed by atoms with Crippen molar-refractivity contribution in [3.63, 3.8) is 0 Å². The first-order valence-electron chi connectivity index (χ1n) is 18.1. The van der Waals surface area contributed by atoms with Gasteiger partial charge >= 0.3 is 11.9 Å². The van der Waals surface area contributed by atoms with Gasteiger partial charge in [-0.25, -0.2) is 0 Å². The first-order chi connectivity index (χ1) is 20.8. The van der Waals surface area contributed by atoms with E-state index in [1.54, 1.807) is 5.57 Å². The number of ether oxygens (including phenoxy) is 1. The number of hydrogen-bond donors (Lipinski definition) is 2. The number of fused-ring (bicyclic) bond motifs is 5. The average molecular weight is 810 g/mol. The molecule has 1 amide bonds. The Labute approximate surface area is 288 Å². The molecule has 5 rings (SSSR count). The largest absolute Gasteiger partial charge is 0.676 e. The summed E-state index contributed by atoms with van der Waals surface area (Å²) in [5.74, 6) is 4.00. The van der Waals surface area contributed by atoms with Crippen molar-refractivity contribution in [2.75, 3.05) is 13.2 Å². The Kier molecular flexibility index (Phi) is 14.7. The number of hydrogen-bond acceptors (Lipinski definition) is 2. The Morgan fingerprint density at radius 1 is 1.02 bits per heavy atom. The summed E-state index contributed by atoms with van der Waals surface area (Å²) in [6.07, 6.45) is 21.1. The summed E-state index contributed by atoms with van der Waals surface area (Å²) >= 11 is 0. The maximum atomic E-state index is 10.7. The Hall–Kier alpha value is -0.752. The van der Waals surface area contributed by atoms with Crippen LogP contribution in [-0.2, 0) is 30.6 Å². The van der Waals surface area contributed by atoms with Crippen LogP contribution in [0.3, 0.4) is 0 Å². The molecule has 0 aromatic rings. The molecule has 262 valence electrons. The standard InChI is InChI=1S/C31H51NO4.C6H12N2.Pt/c1-20(2)7-6-8-21(3)25-11-12-26-24-10-9-22-17-23(36-19-28(33)32-18-29(34)35)13-15-30(22,4)27(24)14-16-31(25,26)5;7-5-3-1-2-4-6(5)8;/h9,20-21,23-27H,6-8,10-19H2,1-5H3,(H,32,33)(H,34,35);5-8H,1-4H2;/q;-2;/p+1/t21-,23+,24+,25-,26+,27+,30+,31-;5-,6-;/m11./s1. The second kappa shape index (κ2) is 17.1. The van der Waals surface area contributed by atoms with Crippen LogP contribution in [0.15, 0.2) is 11.6 Å². The molecule has 5 aliphatic carbocycles. The minimum atomic E-state index is -0.991. The van der Waals surface area contributed by atoms with Crippen molar-refractivity contribution < 1.29 is 40.5 Å². The number of nitrogens with one attached hydrogen (secondary N) is 3. The van der Waals surface area contributed by atoms with Crippen LogP contribution in [0.4, 0.5) is 0 Å². The zero-order chi connectivity index (χ0) is 32.1. The molecule has 0 unspecified atom stereocenters. The van der Waals surface area contributed by atoms with Gasteiger partial charge in [0.2, 0.25) is 0 Å². The molecule has 4 fully saturated rings. The van der Waals surface area contributed by atoms with Crippen LogP contribution >= 0.6 is 0 Å². The summed E-state index contributed by atoms with van der Waals surface area (Å²) in [6, 6.07) is -0.160. The fourth-order valence-electron chi connectivity index (χ4n) is 10.4. The Balaban J connectivity index is 0.000000535. The Bertz CT molecular complexity index is 996. The molecular weight excluding hydrogens is 746 g/mol. The third-order valence-corrected chi connectivity index (χ3v) is 12.9. The van der Waals surface area contributed by atoms with Crippen LogP contribution in [0.5, 0.6) is 0 Å². The van der Waals surface area contributed by atoms with Gasteiger partial charge in [-0.2, -0.15) is 12.1 Å². The van der Waals surface area contributed by atoms with Gasteiger partial charge in [-0.15, -0.1) is 0 Å². The van der Waals surface area contributed by atoms with E-state index in [-0.39, 0.29) is 58.3 Å². The number of carbonyl (C=O) groups excluding carboxylic acids is 1. The van der Waals surface area contributed by atoms with Crippen molar-refractivity contribution in [2.24, 2.45) is 46.3 Å². The number of aliphatic carboxylic acids is 1. The molecule has 0 radical (unpaired) electrons. The summed E-state index contributed by atoms with van der Waals surface area (Å²) in [7, 11) is 0. The van der Waals surface area contributed by atoms with Crippen LogP contribution in [0, 0.1) is 46.3 Å². The van der Waals surface area contributed by atoms with Crippen molar-refractivity contribution in [3.05, 3.63) is 23.1 Å². The fourth-order valence-corrected chi connectivity index (χ4v) is 10.4. The summed E-state index contributed by atoms with van der Waals surface area (Å²) in [5.41, 5.74) is 17.0. The van der Waals surface area contributed by atoms with Gasteiger partial charge in [0.1, 0.15) is 6.54 Å². The normalized spacial score (nSPS) is 37.9. The van der Waals surface area contributed by atoms with Crippen LogP contribution in [0.2, 0.25) is 0 Å². The van der Waals surface area contributed by atoms with Gasteiger partial charge in [0.25, 0.3) is 0 Å². The molecule has 0 aliphatic heterocycles. The Morgan fingerprint density at radius 3 is 2.33 bits per heavy atom. The topological polar surface area (TPSA) is 128 Å². The molecule has 0 spiro atoms. The van der Waals surface area contributed by atoms with E-state index >= 15 is 0 Å². The van der Waals surface area contributed by atoms with Gasteiger partial charge in [0.15, 0.2) is 6.61 Å². The molecule has 7 nitrogen and oxygen atoms in total. The van der Waals surface area contributed by atoms with Crippen molar-refractivity contribution >= 4 is 11.9 Å². The molecule has 0 saturated heterocycles. The molecule has 5 N–H and O–H groups in total. The van der Waals surface area contributed by atoms with Gasteiger partial charge < -0.3 is 21.3 Å². The maximum absolute atomic E-state index is 10.7. The van der Waals surface area contributed by atoms with Crippen molar-refractivity contribution in [1.29, 1.82) is 0 Å². The maximum Gasteiger partial charge on any atom is 0.415 e. The second-order valence-corrected chi connectivity index (χ2v) is 16.2. The summed E-state index contributed by atoms with van der Waals surface area (Å²) in [5, 5.41) is 11.3. The van der Waals surface area contributed by atoms with E-state index in [0.29, 0.717) is 10.8 Å². The molecule has 8 heteroatoms. The zero-order valence-electron chi connectivity index (χ0n) is 28.8. The number of carbonyl (C=O) groups is 1. The van der Waals surface area contributed by atoms with E-state index in [1.165, 1.54) is 64.2 Å². The number of allylic oxidation sites excluding steroid dienone is 1. The molecule has 0 bridgehead atoms. The zero-order valence-corrected chi connectivity index (χ0v) is 31.1. The number of carboxylic acid groups (broad SMARTS) is 1. The number of carboxylic acids is 1. The van der Waals surface area contributed by atoms with Gasteiger partial charge in [0.05, 0.1) is 6.10 Å². The van der Waals surface area contributed by atoms with E-state index < -0.39 is 5.97 Å². The molecular formula is C37H64N3O4Pt-. The van der Waals surface area contributed by atoms with E-state index in [1.807, 2.05) is 0 Å². The van der Waals surface area contributed by atoms with E-state index in [0.717, 1.165) is 67.6 Å². The minimum Gasteiger partial charge on any atom is -0.676 e. The first kappa shape index (κ1) is 38.7. The van der Waals surface area contributed by atoms with Crippen LogP contribution in [0.25, 0.3) is 11.5 Å². The van der Waals surface area contributed by atoms with Crippen LogP contribution < -0.4 is 5.32 Å². The SMILES string of the molecule is CC(C)CCC[C@@H](C)[C@H]1CC[C@H]2[C@@H]3CC=C4C[C@@H](OCC(=[OH+])NCC(=O)O)CC[C@]4(C)[C@H]3CC[C@]12C.[NH-][C@@H]1CCCC[C@H]1[NH-].[Pt]. The monoisotopic (exact) mass is 809 g/mol. The summed E-state index contributed by atoms with van der Waals surface area (Å²) in [6.45, 7) is 12.2. The van der Waals surface area contributed by atoms with Gasteiger partial charge in [-0.1, -0.05) is 91.2 Å². The third-order valence-electron chi connectivity index (χ3n) is 12.9. The minimum absolute atomic E-state index is 0. The van der Waals surface area contributed by atoms with Crippen LogP contribution in [0.1, 0.15) is 131 Å². The molecule has 0 heterocycles. The van der Waals surface area contributed by atoms with E-state index in [2.05, 4.69) is 46.0 Å². The average Bonchev–Trinajstić information content (AvgIpc) is 3.34. The third kappa shape index (κ3) is 9.45. The fraction of sp³-hybridized carbons (Fsp3) is 0.892. The van der Waals surface area contributed by atoms with Gasteiger partial charge in [-0.3, -0.25) is 14.9 Å². The van der Waals surface area contributed by atoms with Crippen molar-refractivity contribution in [2.45, 2.75) is 149 Å². The van der Waals surface area contributed by atoms with Crippen molar-refractivity contribution in [1.82, 2.24) is 5.32 Å². The molecule has 4 saturated carbocycles. The van der Waals surface area contributed by atoms with Crippen molar-refractivity contribution in [3.8, 4) is 0 Å². The van der Waals surface area contributed by atoms with Crippen LogP contribution in [-0.4, -0.2) is 53.1 Å². The van der Waals surface area contributed by atoms with Gasteiger partial charge in [-0.05, 0) is 97.7 Å². The quantitative estimate of drug-likeness (QED) is 0.169. The van der Waals surface area contributed by atoms with E-state index in [4.69, 9.17) is 21.3 Å². The molecule has 0 aromatic heterocycles. The number of rotatable bonds is 10. The predicted molar refractivity (Wildman–Crippen MR) is 180 cm³/mol. The first-order valence-corrected chi connectivity index (χ1v) is 18.1. The number of amides is 1. The molecule has 0 aromatic carbocycles. The smallest absolute Gasteiger partial charge is 0.415 e. The Morgan fingerprint density at radius 2 is 1.71 bits per heavy atom. The van der Waals surface area contributed by atoms with E-state index in [9.17, 15) is 9.59 Å². The van der Waals surface area contributed by atoms with Gasteiger partial charge in [0, 0.05) is 21.1 Å². The second-order valence-electron chi connectivity index (χ2n) is 16.2. The molecule has 45 heavy (non-hydrogen) atoms. The molecule has 10 atom stereocenters. The summed E-state index contributed by atoms with van der Waals surface area (Å²) in [4.78, 5) is 20.6.